The summed E-state index contributed by atoms with van der Waals surface area (Å²) in [4.78, 5) is 7.58. The normalized spacial score (nSPS) is 16.9. The Labute approximate surface area is 160 Å². The van der Waals surface area contributed by atoms with E-state index in [2.05, 4.69) is 64.6 Å². The van der Waals surface area contributed by atoms with E-state index in [1.54, 1.807) is 22.7 Å². The van der Waals surface area contributed by atoms with Crippen molar-refractivity contribution in [2.24, 2.45) is 4.99 Å². The summed E-state index contributed by atoms with van der Waals surface area (Å²) in [5.74, 6) is 0. The number of nitrogens with zero attached hydrogens (tertiary/aromatic N) is 1. The SMILES string of the molecule is c1ccc(N=C2c3ccsc3C(Nc3ccccc3)c3ccsc32)cc1. The van der Waals surface area contributed by atoms with Gasteiger partial charge in [-0.15, -0.1) is 22.7 Å². The van der Waals surface area contributed by atoms with Crippen LogP contribution >= 0.6 is 22.7 Å². The van der Waals surface area contributed by atoms with Gasteiger partial charge in [-0.25, -0.2) is 4.99 Å². The molecule has 5 rings (SSSR count). The van der Waals surface area contributed by atoms with Crippen LogP contribution in [0.2, 0.25) is 0 Å². The van der Waals surface area contributed by atoms with Crippen LogP contribution in [0.5, 0.6) is 0 Å². The maximum atomic E-state index is 4.99. The molecule has 0 aliphatic heterocycles. The number of hydrogen-bond acceptors (Lipinski definition) is 4. The Morgan fingerprint density at radius 1 is 0.769 bits per heavy atom. The number of benzene rings is 2. The van der Waals surface area contributed by atoms with Gasteiger partial charge in [0.1, 0.15) is 0 Å². The predicted octanol–water partition coefficient (Wildman–Crippen LogP) is 6.49. The standard InChI is InChI=1S/C22H16N2S2/c1-3-7-15(8-4-1)23-19-17-11-13-26-22(17)20(18-12-14-25-21(18)19)24-16-9-5-2-6-10-16/h1-14,19,23H. The lowest BCUT2D eigenvalue weighted by Gasteiger charge is -2.26. The van der Waals surface area contributed by atoms with Crippen LogP contribution in [0.15, 0.2) is 88.5 Å². The number of thiophene rings is 2. The first-order chi connectivity index (χ1) is 12.9. The summed E-state index contributed by atoms with van der Waals surface area (Å²) in [6, 6.07) is 25.2. The molecule has 1 aliphatic rings. The molecule has 0 amide bonds. The number of fused-ring (bicyclic) bond motifs is 2. The van der Waals surface area contributed by atoms with Crippen molar-refractivity contribution >= 4 is 39.8 Å². The maximum absolute atomic E-state index is 4.99. The van der Waals surface area contributed by atoms with Crippen molar-refractivity contribution in [2.75, 3.05) is 5.32 Å². The molecule has 0 saturated carbocycles. The summed E-state index contributed by atoms with van der Waals surface area (Å²) in [5, 5.41) is 8.05. The van der Waals surface area contributed by atoms with Crippen LogP contribution in [-0.2, 0) is 0 Å². The Kier molecular flexibility index (Phi) is 3.92. The average Bonchev–Trinajstić information content (AvgIpc) is 3.36. The third-order valence-corrected chi connectivity index (χ3v) is 6.43. The molecule has 2 nitrogen and oxygen atoms in total. The molecule has 26 heavy (non-hydrogen) atoms. The fraction of sp³-hybridized carbons (Fsp3) is 0.0455. The van der Waals surface area contributed by atoms with Gasteiger partial charge in [0, 0.05) is 16.1 Å². The minimum absolute atomic E-state index is 0.170. The van der Waals surface area contributed by atoms with Gasteiger partial charge >= 0.3 is 0 Å². The quantitative estimate of drug-likeness (QED) is 0.436. The van der Waals surface area contributed by atoms with Crippen molar-refractivity contribution in [3.8, 4) is 0 Å². The Bertz CT molecular complexity index is 1020. The molecule has 0 fully saturated rings. The van der Waals surface area contributed by atoms with Gasteiger partial charge in [0.15, 0.2) is 0 Å². The molecule has 2 aromatic heterocycles. The summed E-state index contributed by atoms with van der Waals surface area (Å²) in [5.41, 5.74) is 5.76. The molecular formula is C22H16N2S2. The van der Waals surface area contributed by atoms with Crippen LogP contribution in [0.25, 0.3) is 0 Å². The van der Waals surface area contributed by atoms with E-state index < -0.39 is 0 Å². The van der Waals surface area contributed by atoms with Crippen molar-refractivity contribution in [1.82, 2.24) is 0 Å². The van der Waals surface area contributed by atoms with Gasteiger partial charge in [-0.1, -0.05) is 36.4 Å². The number of hydrogen-bond donors (Lipinski definition) is 1. The van der Waals surface area contributed by atoms with Crippen molar-refractivity contribution in [1.29, 1.82) is 0 Å². The average molecular weight is 373 g/mol. The second-order valence-corrected chi connectivity index (χ2v) is 8.01. The number of aliphatic imine (C=N–C) groups is 1. The molecule has 0 bridgehead atoms. The van der Waals surface area contributed by atoms with E-state index >= 15 is 0 Å². The lowest BCUT2D eigenvalue weighted by Crippen LogP contribution is -2.21. The lowest BCUT2D eigenvalue weighted by atomic mass is 9.92. The highest BCUT2D eigenvalue weighted by atomic mass is 32.1. The molecule has 4 aromatic rings. The fourth-order valence-corrected chi connectivity index (χ4v) is 5.23. The zero-order valence-electron chi connectivity index (χ0n) is 13.9. The summed E-state index contributed by atoms with van der Waals surface area (Å²) < 4.78 is 0. The van der Waals surface area contributed by atoms with Gasteiger partial charge < -0.3 is 5.32 Å². The number of nitrogens with one attached hydrogen (secondary N) is 1. The van der Waals surface area contributed by atoms with Gasteiger partial charge in [0.2, 0.25) is 0 Å². The maximum Gasteiger partial charge on any atom is 0.0897 e. The molecule has 2 heterocycles. The van der Waals surface area contributed by atoms with Gasteiger partial charge in [0.05, 0.1) is 22.3 Å². The third kappa shape index (κ3) is 2.68. The van der Waals surface area contributed by atoms with E-state index in [1.807, 2.05) is 24.3 Å². The zero-order chi connectivity index (χ0) is 17.3. The highest BCUT2D eigenvalue weighted by molar-refractivity contribution is 7.13. The highest BCUT2D eigenvalue weighted by Gasteiger charge is 2.32. The Balaban J connectivity index is 1.63. The largest absolute Gasteiger partial charge is 0.373 e. The highest BCUT2D eigenvalue weighted by Crippen LogP contribution is 2.43. The molecule has 0 radical (unpaired) electrons. The third-order valence-electron chi connectivity index (χ3n) is 4.52. The second kappa shape index (κ2) is 6.56. The Hall–Kier alpha value is -2.69. The fourth-order valence-electron chi connectivity index (χ4n) is 3.33. The van der Waals surface area contributed by atoms with E-state index in [0.29, 0.717) is 0 Å². The summed E-state index contributed by atoms with van der Waals surface area (Å²) in [6.07, 6.45) is 0. The monoisotopic (exact) mass is 372 g/mol. The predicted molar refractivity (Wildman–Crippen MR) is 112 cm³/mol. The second-order valence-electron chi connectivity index (χ2n) is 6.14. The molecule has 2 aromatic carbocycles. The van der Waals surface area contributed by atoms with Crippen LogP contribution in [0.1, 0.15) is 26.9 Å². The molecular weight excluding hydrogens is 356 g/mol. The van der Waals surface area contributed by atoms with Crippen molar-refractivity contribution in [3.05, 3.63) is 104 Å². The van der Waals surface area contributed by atoms with Gasteiger partial charge in [-0.3, -0.25) is 0 Å². The first kappa shape index (κ1) is 15.6. The molecule has 126 valence electrons. The van der Waals surface area contributed by atoms with Crippen LogP contribution in [0.3, 0.4) is 0 Å². The zero-order valence-corrected chi connectivity index (χ0v) is 15.6. The number of para-hydroxylation sites is 2. The van der Waals surface area contributed by atoms with Crippen LogP contribution < -0.4 is 5.32 Å². The van der Waals surface area contributed by atoms with Crippen LogP contribution in [-0.4, -0.2) is 5.71 Å². The molecule has 1 unspecified atom stereocenters. The van der Waals surface area contributed by atoms with Crippen LogP contribution in [0.4, 0.5) is 11.4 Å². The minimum atomic E-state index is 0.170. The molecule has 4 heteroatoms. The molecule has 1 aliphatic carbocycles. The van der Waals surface area contributed by atoms with E-state index in [9.17, 15) is 0 Å². The first-order valence-corrected chi connectivity index (χ1v) is 10.3. The summed E-state index contributed by atoms with van der Waals surface area (Å²) in [6.45, 7) is 0. The van der Waals surface area contributed by atoms with Gasteiger partial charge in [-0.2, -0.15) is 0 Å². The van der Waals surface area contributed by atoms with Crippen LogP contribution in [0, 0.1) is 0 Å². The van der Waals surface area contributed by atoms with Crippen molar-refractivity contribution in [2.45, 2.75) is 6.04 Å². The van der Waals surface area contributed by atoms with E-state index in [4.69, 9.17) is 4.99 Å². The van der Waals surface area contributed by atoms with E-state index in [0.717, 1.165) is 17.1 Å². The van der Waals surface area contributed by atoms with Gasteiger partial charge in [-0.05, 0) is 52.7 Å². The topological polar surface area (TPSA) is 24.4 Å². The number of anilines is 1. The first-order valence-electron chi connectivity index (χ1n) is 8.51. The molecule has 1 atom stereocenters. The molecule has 0 saturated heterocycles. The smallest absolute Gasteiger partial charge is 0.0897 e. The lowest BCUT2D eigenvalue weighted by molar-refractivity contribution is 0.957. The van der Waals surface area contributed by atoms with E-state index in [-0.39, 0.29) is 6.04 Å². The van der Waals surface area contributed by atoms with E-state index in [1.165, 1.54) is 20.9 Å². The van der Waals surface area contributed by atoms with Crippen molar-refractivity contribution in [3.63, 3.8) is 0 Å². The summed E-state index contributed by atoms with van der Waals surface area (Å²) >= 11 is 3.56. The molecule has 0 spiro atoms. The summed E-state index contributed by atoms with van der Waals surface area (Å²) in [7, 11) is 0. The van der Waals surface area contributed by atoms with Gasteiger partial charge in [0.25, 0.3) is 0 Å². The molecule has 1 N–H and O–H groups in total. The Morgan fingerprint density at radius 2 is 1.50 bits per heavy atom. The number of rotatable bonds is 3. The minimum Gasteiger partial charge on any atom is -0.373 e. The van der Waals surface area contributed by atoms with Crippen molar-refractivity contribution < 1.29 is 0 Å². The Morgan fingerprint density at radius 3 is 2.31 bits per heavy atom.